The minimum Gasteiger partial charge on any atom is -0.504 e. The topological polar surface area (TPSA) is 103 Å². The zero-order valence-electron chi connectivity index (χ0n) is 19.4. The number of carbonyl (C=O) groups excluding carboxylic acids is 2. The molecular formula is C26H25IN4O4. The van der Waals surface area contributed by atoms with E-state index in [1.165, 1.54) is 13.3 Å². The summed E-state index contributed by atoms with van der Waals surface area (Å²) in [5, 5.41) is 16.7. The molecule has 0 saturated carbocycles. The van der Waals surface area contributed by atoms with Crippen molar-refractivity contribution in [1.29, 1.82) is 0 Å². The van der Waals surface area contributed by atoms with E-state index >= 15 is 0 Å². The molecule has 0 aromatic heterocycles. The lowest BCUT2D eigenvalue weighted by molar-refractivity contribution is -0.117. The summed E-state index contributed by atoms with van der Waals surface area (Å²) in [4.78, 5) is 27.6. The lowest BCUT2D eigenvalue weighted by Gasteiger charge is -2.12. The SMILES string of the molecule is COc1cc(/C=N/NC(=O)/C(=C/c2ccc(N(C)C)cc2)NC(=O)c2ccccc2)cc(I)c1O. The molecule has 3 aromatic rings. The van der Waals surface area contributed by atoms with Gasteiger partial charge in [-0.3, -0.25) is 9.59 Å². The van der Waals surface area contributed by atoms with Gasteiger partial charge in [-0.25, -0.2) is 5.43 Å². The third-order valence-electron chi connectivity index (χ3n) is 4.90. The van der Waals surface area contributed by atoms with Crippen LogP contribution in [0.15, 0.2) is 77.5 Å². The molecule has 2 amide bonds. The molecule has 180 valence electrons. The van der Waals surface area contributed by atoms with Crippen molar-refractivity contribution in [1.82, 2.24) is 10.7 Å². The Labute approximate surface area is 217 Å². The summed E-state index contributed by atoms with van der Waals surface area (Å²) in [5.41, 5.74) is 5.25. The van der Waals surface area contributed by atoms with E-state index in [0.29, 0.717) is 20.4 Å². The molecule has 0 aliphatic rings. The Kier molecular flexibility index (Phi) is 8.85. The van der Waals surface area contributed by atoms with Gasteiger partial charge in [-0.05, 0) is 76.2 Å². The number of hydrazone groups is 1. The summed E-state index contributed by atoms with van der Waals surface area (Å²) in [6.45, 7) is 0. The summed E-state index contributed by atoms with van der Waals surface area (Å²) < 4.78 is 5.72. The van der Waals surface area contributed by atoms with Gasteiger partial charge in [0.15, 0.2) is 11.5 Å². The van der Waals surface area contributed by atoms with Crippen LogP contribution in [0.1, 0.15) is 21.5 Å². The number of halogens is 1. The fraction of sp³-hybridized carbons (Fsp3) is 0.115. The van der Waals surface area contributed by atoms with Gasteiger partial charge in [0.05, 0.1) is 16.9 Å². The van der Waals surface area contributed by atoms with Gasteiger partial charge >= 0.3 is 0 Å². The van der Waals surface area contributed by atoms with E-state index in [4.69, 9.17) is 4.74 Å². The Hall–Kier alpha value is -3.86. The highest BCUT2D eigenvalue weighted by Crippen LogP contribution is 2.31. The number of anilines is 1. The van der Waals surface area contributed by atoms with Crippen LogP contribution in [0.5, 0.6) is 11.5 Å². The third kappa shape index (κ3) is 7.06. The Balaban J connectivity index is 1.83. The van der Waals surface area contributed by atoms with Crippen molar-refractivity contribution in [3.05, 3.63) is 92.7 Å². The molecule has 35 heavy (non-hydrogen) atoms. The molecule has 0 aliphatic heterocycles. The molecule has 8 nitrogen and oxygen atoms in total. The van der Waals surface area contributed by atoms with E-state index in [9.17, 15) is 14.7 Å². The molecule has 9 heteroatoms. The van der Waals surface area contributed by atoms with Crippen LogP contribution < -0.4 is 20.4 Å². The van der Waals surface area contributed by atoms with Crippen molar-refractivity contribution in [3.63, 3.8) is 0 Å². The molecule has 0 saturated heterocycles. The number of nitrogens with one attached hydrogen (secondary N) is 2. The number of benzene rings is 3. The first kappa shape index (κ1) is 25.8. The van der Waals surface area contributed by atoms with Gasteiger partial charge in [-0.15, -0.1) is 0 Å². The molecule has 3 aromatic carbocycles. The smallest absolute Gasteiger partial charge is 0.287 e. The molecule has 3 N–H and O–H groups in total. The van der Waals surface area contributed by atoms with Crippen LogP contribution in [0.3, 0.4) is 0 Å². The van der Waals surface area contributed by atoms with E-state index in [1.54, 1.807) is 48.5 Å². The van der Waals surface area contributed by atoms with E-state index in [2.05, 4.69) is 15.8 Å². The first-order chi connectivity index (χ1) is 16.8. The van der Waals surface area contributed by atoms with Crippen LogP contribution in [0.2, 0.25) is 0 Å². The molecule has 0 atom stereocenters. The number of methoxy groups -OCH3 is 1. The number of phenols is 1. The number of rotatable bonds is 8. The van der Waals surface area contributed by atoms with Crippen molar-refractivity contribution < 1.29 is 19.4 Å². The van der Waals surface area contributed by atoms with Gasteiger partial charge in [0, 0.05) is 25.3 Å². The van der Waals surface area contributed by atoms with Crippen LogP contribution in [-0.2, 0) is 4.79 Å². The summed E-state index contributed by atoms with van der Waals surface area (Å²) in [6, 6.07) is 19.4. The van der Waals surface area contributed by atoms with E-state index in [0.717, 1.165) is 11.3 Å². The van der Waals surface area contributed by atoms with Crippen LogP contribution in [0.4, 0.5) is 5.69 Å². The van der Waals surface area contributed by atoms with Gasteiger partial charge in [0.2, 0.25) is 0 Å². The zero-order chi connectivity index (χ0) is 25.4. The average molecular weight is 584 g/mol. The van der Waals surface area contributed by atoms with Crippen LogP contribution in [0, 0.1) is 3.57 Å². The van der Waals surface area contributed by atoms with Gasteiger partial charge in [-0.1, -0.05) is 30.3 Å². The number of amides is 2. The Bertz CT molecular complexity index is 1260. The van der Waals surface area contributed by atoms with Crippen LogP contribution in [-0.4, -0.2) is 44.3 Å². The van der Waals surface area contributed by atoms with Gasteiger partial charge in [-0.2, -0.15) is 5.10 Å². The largest absolute Gasteiger partial charge is 0.504 e. The first-order valence-electron chi connectivity index (χ1n) is 10.5. The van der Waals surface area contributed by atoms with Crippen molar-refractivity contribution in [2.45, 2.75) is 0 Å². The van der Waals surface area contributed by atoms with E-state index in [-0.39, 0.29) is 11.4 Å². The number of hydrogen-bond donors (Lipinski definition) is 3. The summed E-state index contributed by atoms with van der Waals surface area (Å²) in [7, 11) is 5.32. The highest BCUT2D eigenvalue weighted by Gasteiger charge is 2.14. The lowest BCUT2D eigenvalue weighted by atomic mass is 10.1. The van der Waals surface area contributed by atoms with Crippen LogP contribution >= 0.6 is 22.6 Å². The molecule has 0 fully saturated rings. The first-order valence-corrected chi connectivity index (χ1v) is 11.6. The molecule has 0 radical (unpaired) electrons. The van der Waals surface area contributed by atoms with Crippen LogP contribution in [0.25, 0.3) is 6.08 Å². The van der Waals surface area contributed by atoms with Crippen molar-refractivity contribution in [2.75, 3.05) is 26.1 Å². The second-order valence-corrected chi connectivity index (χ2v) is 8.78. The molecule has 0 heterocycles. The third-order valence-corrected chi connectivity index (χ3v) is 5.72. The normalized spacial score (nSPS) is 11.3. The molecular weight excluding hydrogens is 559 g/mol. The Morgan fingerprint density at radius 2 is 1.71 bits per heavy atom. The molecule has 0 bridgehead atoms. The van der Waals surface area contributed by atoms with E-state index in [1.807, 2.05) is 65.9 Å². The van der Waals surface area contributed by atoms with E-state index < -0.39 is 11.8 Å². The quantitative estimate of drug-likeness (QED) is 0.161. The number of phenolic OH excluding ortho intramolecular Hbond substituents is 1. The minimum atomic E-state index is -0.595. The van der Waals surface area contributed by atoms with Gasteiger partial charge in [0.1, 0.15) is 5.70 Å². The minimum absolute atomic E-state index is 0.0309. The summed E-state index contributed by atoms with van der Waals surface area (Å²) in [5.74, 6) is -0.689. The zero-order valence-corrected chi connectivity index (χ0v) is 21.6. The predicted octanol–water partition coefficient (Wildman–Crippen LogP) is 3.99. The Morgan fingerprint density at radius 1 is 1.03 bits per heavy atom. The van der Waals surface area contributed by atoms with Crippen molar-refractivity contribution in [3.8, 4) is 11.5 Å². The number of hydrogen-bond acceptors (Lipinski definition) is 6. The fourth-order valence-corrected chi connectivity index (χ4v) is 3.65. The number of nitrogens with zero attached hydrogens (tertiary/aromatic N) is 2. The summed E-state index contributed by atoms with van der Waals surface area (Å²) in [6.07, 6.45) is 3.00. The van der Waals surface area contributed by atoms with Crippen molar-refractivity contribution in [2.24, 2.45) is 5.10 Å². The number of aromatic hydroxyl groups is 1. The fourth-order valence-electron chi connectivity index (χ4n) is 3.03. The Morgan fingerprint density at radius 3 is 2.34 bits per heavy atom. The highest BCUT2D eigenvalue weighted by atomic mass is 127. The monoisotopic (exact) mass is 584 g/mol. The second kappa shape index (κ2) is 12.0. The van der Waals surface area contributed by atoms with Gasteiger partial charge < -0.3 is 20.1 Å². The molecule has 3 rings (SSSR count). The standard InChI is InChI=1S/C26H25IN4O4/c1-31(2)20-11-9-17(10-12-20)14-22(29-25(33)19-7-5-4-6-8-19)26(34)30-28-16-18-13-21(27)24(32)23(15-18)35-3/h4-16,32H,1-3H3,(H,29,33)(H,30,34)/b22-14-,28-16+. The van der Waals surface area contributed by atoms with Crippen molar-refractivity contribution >= 4 is 52.4 Å². The molecule has 0 unspecified atom stereocenters. The maximum absolute atomic E-state index is 12.9. The lowest BCUT2D eigenvalue weighted by Crippen LogP contribution is -2.32. The second-order valence-electron chi connectivity index (χ2n) is 7.62. The molecule has 0 spiro atoms. The average Bonchev–Trinajstić information content (AvgIpc) is 2.86. The highest BCUT2D eigenvalue weighted by molar-refractivity contribution is 14.1. The predicted molar refractivity (Wildman–Crippen MR) is 146 cm³/mol. The maximum atomic E-state index is 12.9. The maximum Gasteiger partial charge on any atom is 0.287 e. The van der Waals surface area contributed by atoms with Gasteiger partial charge in [0.25, 0.3) is 11.8 Å². The number of ether oxygens (including phenoxy) is 1. The summed E-state index contributed by atoms with van der Waals surface area (Å²) >= 11 is 1.97. The number of carbonyl (C=O) groups is 2. The molecule has 0 aliphatic carbocycles.